The summed E-state index contributed by atoms with van der Waals surface area (Å²) in [5, 5.41) is 9.93. The molecule has 1 aromatic heterocycles. The molecule has 174 valence electrons. The first-order valence-electron chi connectivity index (χ1n) is 11.5. The highest BCUT2D eigenvalue weighted by Gasteiger charge is 2.44. The summed E-state index contributed by atoms with van der Waals surface area (Å²) >= 11 is 0. The zero-order valence-corrected chi connectivity index (χ0v) is 18.8. The van der Waals surface area contributed by atoms with Crippen molar-refractivity contribution < 1.29 is 14.7 Å². The minimum absolute atomic E-state index is 0.00860. The van der Waals surface area contributed by atoms with Gasteiger partial charge in [0, 0.05) is 63.1 Å². The maximum absolute atomic E-state index is 13.0. The van der Waals surface area contributed by atoms with Crippen LogP contribution in [-0.4, -0.2) is 86.6 Å². The van der Waals surface area contributed by atoms with Crippen molar-refractivity contribution >= 4 is 12.0 Å². The summed E-state index contributed by atoms with van der Waals surface area (Å²) < 4.78 is 0. The van der Waals surface area contributed by atoms with Gasteiger partial charge in [-0.15, -0.1) is 0 Å². The lowest BCUT2D eigenvalue weighted by molar-refractivity contribution is -0.0209. The molecule has 2 amide bonds. The average Bonchev–Trinajstić information content (AvgIpc) is 2.89. The van der Waals surface area contributed by atoms with E-state index in [0.29, 0.717) is 38.4 Å². The van der Waals surface area contributed by atoms with Crippen LogP contribution in [0.3, 0.4) is 0 Å². The Bertz CT molecular complexity index is 1090. The smallest absolute Gasteiger partial charge is 0.407 e. The second-order valence-electron chi connectivity index (χ2n) is 8.79. The van der Waals surface area contributed by atoms with Crippen LogP contribution >= 0.6 is 0 Å². The van der Waals surface area contributed by atoms with Gasteiger partial charge in [-0.1, -0.05) is 60.7 Å². The molecule has 0 aliphatic carbocycles. The van der Waals surface area contributed by atoms with E-state index < -0.39 is 6.09 Å². The van der Waals surface area contributed by atoms with Gasteiger partial charge in [-0.3, -0.25) is 14.7 Å². The Morgan fingerprint density at radius 3 is 2.09 bits per heavy atom. The van der Waals surface area contributed by atoms with Crippen LogP contribution < -0.4 is 0 Å². The van der Waals surface area contributed by atoms with Crippen LogP contribution in [0.2, 0.25) is 0 Å². The van der Waals surface area contributed by atoms with Gasteiger partial charge >= 0.3 is 6.09 Å². The molecule has 0 spiro atoms. The molecule has 2 aromatic carbocycles. The number of carboxylic acid groups (broad SMARTS) is 1. The largest absolute Gasteiger partial charge is 0.465 e. The summed E-state index contributed by atoms with van der Waals surface area (Å²) in [6.07, 6.45) is 3.60. The van der Waals surface area contributed by atoms with Crippen molar-refractivity contribution in [2.45, 2.75) is 18.0 Å². The van der Waals surface area contributed by atoms with Gasteiger partial charge in [0.15, 0.2) is 0 Å². The molecule has 0 saturated carbocycles. The van der Waals surface area contributed by atoms with Gasteiger partial charge in [-0.05, 0) is 11.1 Å². The fourth-order valence-corrected chi connectivity index (χ4v) is 5.29. The molecule has 2 saturated heterocycles. The van der Waals surface area contributed by atoms with E-state index in [1.807, 2.05) is 36.4 Å². The lowest BCUT2D eigenvalue weighted by Gasteiger charge is -2.52. The van der Waals surface area contributed by atoms with Crippen LogP contribution in [-0.2, 0) is 0 Å². The molecule has 2 aliphatic heterocycles. The van der Waals surface area contributed by atoms with E-state index in [1.54, 1.807) is 11.1 Å². The monoisotopic (exact) mass is 457 g/mol. The number of carbonyl (C=O) groups excluding carboxylic acids is 1. The molecule has 1 N–H and O–H groups in total. The Labute approximate surface area is 198 Å². The number of benzene rings is 2. The van der Waals surface area contributed by atoms with E-state index in [9.17, 15) is 14.7 Å². The Balaban J connectivity index is 1.47. The van der Waals surface area contributed by atoms with Crippen LogP contribution in [0.15, 0.2) is 79.3 Å². The van der Waals surface area contributed by atoms with Crippen molar-refractivity contribution in [3.63, 3.8) is 0 Å². The number of carbonyl (C=O) groups is 2. The number of fused-ring (bicyclic) bond motifs is 1. The van der Waals surface area contributed by atoms with Crippen molar-refractivity contribution in [3.8, 4) is 0 Å². The summed E-state index contributed by atoms with van der Waals surface area (Å²) in [6, 6.07) is 20.4. The lowest BCUT2D eigenvalue weighted by atomic mass is 9.82. The molecule has 8 heteroatoms. The molecular formula is C26H27N5O3. The van der Waals surface area contributed by atoms with Gasteiger partial charge in [-0.25, -0.2) is 9.78 Å². The highest BCUT2D eigenvalue weighted by atomic mass is 16.4. The molecule has 3 aromatic rings. The van der Waals surface area contributed by atoms with Gasteiger partial charge in [-0.2, -0.15) is 0 Å². The molecule has 3 heterocycles. The summed E-state index contributed by atoms with van der Waals surface area (Å²) in [7, 11) is 0. The average molecular weight is 458 g/mol. The number of hydrogen-bond acceptors (Lipinski definition) is 5. The second kappa shape index (κ2) is 9.61. The van der Waals surface area contributed by atoms with Gasteiger partial charge in [0.2, 0.25) is 0 Å². The molecule has 2 atom stereocenters. The third kappa shape index (κ3) is 4.36. The SMILES string of the molecule is O=C(O)N1CC(C(c2ccccc2)c2ccccc2)N2CCN(C(=O)c3cnccn3)C[C@H]2C1. The fourth-order valence-electron chi connectivity index (χ4n) is 5.29. The highest BCUT2D eigenvalue weighted by molar-refractivity contribution is 5.92. The normalized spacial score (nSPS) is 20.7. The van der Waals surface area contributed by atoms with Gasteiger partial charge in [0.05, 0.1) is 6.20 Å². The van der Waals surface area contributed by atoms with E-state index in [1.165, 1.54) is 17.3 Å². The van der Waals surface area contributed by atoms with Gasteiger partial charge in [0.1, 0.15) is 5.69 Å². The maximum Gasteiger partial charge on any atom is 0.407 e. The Morgan fingerprint density at radius 2 is 1.50 bits per heavy atom. The van der Waals surface area contributed by atoms with Crippen molar-refractivity contribution in [1.29, 1.82) is 0 Å². The molecule has 8 nitrogen and oxygen atoms in total. The number of aromatic nitrogens is 2. The van der Waals surface area contributed by atoms with Crippen LogP contribution in [0.4, 0.5) is 4.79 Å². The third-order valence-corrected chi connectivity index (χ3v) is 6.84. The number of nitrogens with zero attached hydrogens (tertiary/aromatic N) is 5. The van der Waals surface area contributed by atoms with Crippen LogP contribution in [0.1, 0.15) is 27.5 Å². The van der Waals surface area contributed by atoms with Gasteiger partial charge < -0.3 is 14.9 Å². The quantitative estimate of drug-likeness (QED) is 0.648. The Morgan fingerprint density at radius 1 is 0.853 bits per heavy atom. The molecule has 34 heavy (non-hydrogen) atoms. The topological polar surface area (TPSA) is 89.9 Å². The predicted molar refractivity (Wildman–Crippen MR) is 127 cm³/mol. The summed E-state index contributed by atoms with van der Waals surface area (Å²) in [5.74, 6) is -0.159. The molecule has 2 aliphatic rings. The number of piperazine rings is 2. The Kier molecular flexibility index (Phi) is 6.22. The standard InChI is InChI=1S/C26H27N5O3/c32-25(22-15-27-11-12-28-22)29-13-14-31-21(16-29)17-30(26(33)34)18-23(31)24(19-7-3-1-4-8-19)20-9-5-2-6-10-20/h1-12,15,21,23-24H,13-14,16-18H2,(H,33,34)/t21-,23?/m0/s1. The molecule has 0 radical (unpaired) electrons. The number of rotatable bonds is 4. The van der Waals surface area contributed by atoms with Gasteiger partial charge in [0.25, 0.3) is 5.91 Å². The summed E-state index contributed by atoms with van der Waals surface area (Å²) in [5.41, 5.74) is 2.62. The first kappa shape index (κ1) is 22.0. The van der Waals surface area contributed by atoms with Crippen molar-refractivity contribution in [2.24, 2.45) is 0 Å². The zero-order valence-electron chi connectivity index (χ0n) is 18.8. The first-order valence-corrected chi connectivity index (χ1v) is 11.5. The highest BCUT2D eigenvalue weighted by Crippen LogP contribution is 2.35. The van der Waals surface area contributed by atoms with E-state index in [2.05, 4.69) is 39.1 Å². The van der Waals surface area contributed by atoms with Crippen LogP contribution in [0.25, 0.3) is 0 Å². The molecule has 5 rings (SSSR count). The first-order chi connectivity index (χ1) is 16.6. The van der Waals surface area contributed by atoms with E-state index >= 15 is 0 Å². The Hall–Kier alpha value is -3.78. The second-order valence-corrected chi connectivity index (χ2v) is 8.79. The van der Waals surface area contributed by atoms with Crippen molar-refractivity contribution in [2.75, 3.05) is 32.7 Å². The molecule has 0 bridgehead atoms. The van der Waals surface area contributed by atoms with Crippen LogP contribution in [0, 0.1) is 0 Å². The summed E-state index contributed by atoms with van der Waals surface area (Å²) in [4.78, 5) is 39.0. The van der Waals surface area contributed by atoms with Crippen LogP contribution in [0.5, 0.6) is 0 Å². The van der Waals surface area contributed by atoms with Crippen molar-refractivity contribution in [3.05, 3.63) is 96.1 Å². The summed E-state index contributed by atoms with van der Waals surface area (Å²) in [6.45, 7) is 2.47. The third-order valence-electron chi connectivity index (χ3n) is 6.84. The van der Waals surface area contributed by atoms with E-state index in [-0.39, 0.29) is 23.9 Å². The number of hydrogen-bond donors (Lipinski definition) is 1. The number of amides is 2. The minimum atomic E-state index is -0.929. The maximum atomic E-state index is 13.0. The fraction of sp³-hybridized carbons (Fsp3) is 0.308. The lowest BCUT2D eigenvalue weighted by Crippen LogP contribution is -2.68. The van der Waals surface area contributed by atoms with Crippen molar-refractivity contribution in [1.82, 2.24) is 24.7 Å². The predicted octanol–water partition coefficient (Wildman–Crippen LogP) is 2.80. The molecular weight excluding hydrogens is 430 g/mol. The van der Waals surface area contributed by atoms with E-state index in [0.717, 1.165) is 11.1 Å². The van der Waals surface area contributed by atoms with E-state index in [4.69, 9.17) is 0 Å². The zero-order chi connectivity index (χ0) is 23.5. The minimum Gasteiger partial charge on any atom is -0.465 e. The molecule has 2 fully saturated rings. The molecule has 1 unspecified atom stereocenters.